The summed E-state index contributed by atoms with van der Waals surface area (Å²) < 4.78 is 6.00. The summed E-state index contributed by atoms with van der Waals surface area (Å²) in [6.45, 7) is 0.513. The molecule has 2 aliphatic rings. The van der Waals surface area contributed by atoms with Crippen molar-refractivity contribution < 1.29 is 9.53 Å². The summed E-state index contributed by atoms with van der Waals surface area (Å²) in [6, 6.07) is 18.8. The largest absolute Gasteiger partial charge is 0.457 e. The number of nitrogens with zero attached hydrogens (tertiary/aromatic N) is 3. The lowest BCUT2D eigenvalue weighted by molar-refractivity contribution is 0.0928. The summed E-state index contributed by atoms with van der Waals surface area (Å²) in [4.78, 5) is 14.5. The molecule has 1 aromatic heterocycles. The molecule has 2 heterocycles. The maximum atomic E-state index is 12.8. The Morgan fingerprint density at radius 2 is 1.97 bits per heavy atom. The average Bonchev–Trinajstić information content (AvgIpc) is 3.31. The van der Waals surface area contributed by atoms with Gasteiger partial charge in [0.2, 0.25) is 0 Å². The van der Waals surface area contributed by atoms with E-state index in [9.17, 15) is 10.1 Å². The summed E-state index contributed by atoms with van der Waals surface area (Å²) in [6.07, 6.45) is 6.23. The second-order valence-electron chi connectivity index (χ2n) is 7.36. The van der Waals surface area contributed by atoms with Crippen LogP contribution in [-0.2, 0) is 0 Å². The van der Waals surface area contributed by atoms with Crippen LogP contribution in [0.25, 0.3) is 11.3 Å². The van der Waals surface area contributed by atoms with E-state index in [4.69, 9.17) is 4.74 Å². The van der Waals surface area contributed by atoms with Gasteiger partial charge in [-0.3, -0.25) is 9.89 Å². The zero-order valence-corrected chi connectivity index (χ0v) is 16.0. The number of likely N-dealkylation sites (tertiary alicyclic amines) is 1. The number of H-pyrrole nitrogens is 1. The van der Waals surface area contributed by atoms with E-state index in [0.717, 1.165) is 11.3 Å². The minimum absolute atomic E-state index is 0.0902. The number of rotatable bonds is 5. The number of nitrogens with one attached hydrogen (secondary N) is 2. The highest BCUT2D eigenvalue weighted by atomic mass is 16.5. The highest BCUT2D eigenvalue weighted by Gasteiger charge is 2.44. The maximum Gasteiger partial charge on any atom is 0.269 e. The van der Waals surface area contributed by atoms with Crippen LogP contribution in [0, 0.1) is 17.4 Å². The fraction of sp³-hybridized carbons (Fsp3) is 0.174. The first-order valence-electron chi connectivity index (χ1n) is 9.76. The zero-order valence-electron chi connectivity index (χ0n) is 16.0. The molecule has 7 heteroatoms. The molecule has 0 saturated carbocycles. The minimum Gasteiger partial charge on any atom is -0.457 e. The van der Waals surface area contributed by atoms with Gasteiger partial charge in [0, 0.05) is 18.0 Å². The predicted molar refractivity (Wildman–Crippen MR) is 111 cm³/mol. The molecule has 1 aliphatic heterocycles. The second-order valence-corrected chi connectivity index (χ2v) is 7.36. The van der Waals surface area contributed by atoms with Gasteiger partial charge in [-0.05, 0) is 30.3 Å². The van der Waals surface area contributed by atoms with Crippen LogP contribution in [0.5, 0.6) is 11.5 Å². The van der Waals surface area contributed by atoms with Crippen LogP contribution in [0.2, 0.25) is 0 Å². The van der Waals surface area contributed by atoms with Gasteiger partial charge in [-0.15, -0.1) is 0 Å². The molecule has 2 aromatic carbocycles. The van der Waals surface area contributed by atoms with Crippen molar-refractivity contribution in [2.24, 2.45) is 5.92 Å². The number of fused-ring (bicyclic) bond motifs is 1. The fourth-order valence-electron chi connectivity index (χ4n) is 3.93. The van der Waals surface area contributed by atoms with Crippen molar-refractivity contribution >= 4 is 5.91 Å². The molecular weight excluding hydrogens is 378 g/mol. The Kier molecular flexibility index (Phi) is 4.45. The Labute approximate surface area is 173 Å². The Bertz CT molecular complexity index is 1150. The molecule has 0 radical (unpaired) electrons. The van der Waals surface area contributed by atoms with Gasteiger partial charge in [0.15, 0.2) is 6.19 Å². The molecule has 30 heavy (non-hydrogen) atoms. The molecule has 1 aliphatic carbocycles. The Hall–Kier alpha value is -4.05. The van der Waals surface area contributed by atoms with E-state index in [1.807, 2.05) is 66.7 Å². The van der Waals surface area contributed by atoms with Gasteiger partial charge in [-0.2, -0.15) is 10.4 Å². The summed E-state index contributed by atoms with van der Waals surface area (Å²) in [5.41, 5.74) is 1.78. The molecule has 0 bridgehead atoms. The number of carbonyl (C=O) groups excluding carboxylic acids is 1. The monoisotopic (exact) mass is 397 g/mol. The topological polar surface area (TPSA) is 94.0 Å². The first kappa shape index (κ1) is 18.0. The molecule has 148 valence electrons. The van der Waals surface area contributed by atoms with Gasteiger partial charge >= 0.3 is 0 Å². The number of amides is 1. The maximum absolute atomic E-state index is 12.8. The number of aromatic nitrogens is 2. The van der Waals surface area contributed by atoms with E-state index in [0.29, 0.717) is 23.7 Å². The summed E-state index contributed by atoms with van der Waals surface area (Å²) >= 11 is 0. The smallest absolute Gasteiger partial charge is 0.269 e. The molecule has 3 atom stereocenters. The lowest BCUT2D eigenvalue weighted by Crippen LogP contribution is -2.42. The minimum atomic E-state index is -0.237. The molecule has 2 N–H and O–H groups in total. The van der Waals surface area contributed by atoms with E-state index in [-0.39, 0.29) is 23.9 Å². The van der Waals surface area contributed by atoms with Crippen LogP contribution < -0.4 is 10.1 Å². The number of nitriles is 1. The SMILES string of the molecule is N#CN1C[C@@H](NC(=O)c2cc(-c3ccccc3Oc3ccccc3)n[nH]2)[C@@H]2C=C[C@@H]21. The second kappa shape index (κ2) is 7.41. The Morgan fingerprint density at radius 1 is 1.17 bits per heavy atom. The number of para-hydroxylation sites is 2. The van der Waals surface area contributed by atoms with Gasteiger partial charge in [0.25, 0.3) is 5.91 Å². The number of carbonyl (C=O) groups is 1. The van der Waals surface area contributed by atoms with Crippen LogP contribution in [0.15, 0.2) is 72.8 Å². The van der Waals surface area contributed by atoms with E-state index >= 15 is 0 Å². The highest BCUT2D eigenvalue weighted by molar-refractivity contribution is 5.93. The molecule has 1 fully saturated rings. The van der Waals surface area contributed by atoms with Crippen molar-refractivity contribution in [1.29, 1.82) is 5.26 Å². The van der Waals surface area contributed by atoms with Gasteiger partial charge in [0.05, 0.1) is 17.8 Å². The fourth-order valence-corrected chi connectivity index (χ4v) is 3.93. The van der Waals surface area contributed by atoms with Crippen molar-refractivity contribution in [2.75, 3.05) is 6.54 Å². The molecule has 1 amide bonds. The van der Waals surface area contributed by atoms with Gasteiger partial charge in [0.1, 0.15) is 17.2 Å². The van der Waals surface area contributed by atoms with E-state index in [1.165, 1.54) is 0 Å². The molecule has 1 saturated heterocycles. The van der Waals surface area contributed by atoms with Crippen molar-refractivity contribution in [3.05, 3.63) is 78.5 Å². The third-order valence-corrected chi connectivity index (χ3v) is 5.54. The number of hydrogen-bond donors (Lipinski definition) is 2. The standard InChI is InChI=1S/C23H19N5O2/c24-14-28-13-20(16-10-11-21(16)28)25-23(29)19-12-18(26-27-19)17-8-4-5-9-22(17)30-15-6-2-1-3-7-15/h1-12,16,20-21H,13H2,(H,25,29)(H,26,27)/t16-,20+,21-/m0/s1. The van der Waals surface area contributed by atoms with E-state index in [2.05, 4.69) is 21.7 Å². The van der Waals surface area contributed by atoms with Crippen molar-refractivity contribution in [1.82, 2.24) is 20.4 Å². The molecule has 5 rings (SSSR count). The number of benzene rings is 2. The summed E-state index contributed by atoms with van der Waals surface area (Å²) in [7, 11) is 0. The van der Waals surface area contributed by atoms with Gasteiger partial charge in [-0.25, -0.2) is 0 Å². The van der Waals surface area contributed by atoms with E-state index in [1.54, 1.807) is 11.0 Å². The Balaban J connectivity index is 1.33. The zero-order chi connectivity index (χ0) is 20.5. The third kappa shape index (κ3) is 3.18. The lowest BCUT2D eigenvalue weighted by Gasteiger charge is -2.27. The predicted octanol–water partition coefficient (Wildman–Crippen LogP) is 3.32. The third-order valence-electron chi connectivity index (χ3n) is 5.54. The summed E-state index contributed by atoms with van der Waals surface area (Å²) in [5.74, 6) is 1.32. The molecule has 0 unspecified atom stereocenters. The lowest BCUT2D eigenvalue weighted by atomic mass is 9.86. The Morgan fingerprint density at radius 3 is 2.70 bits per heavy atom. The number of hydrogen-bond acceptors (Lipinski definition) is 5. The van der Waals surface area contributed by atoms with Crippen LogP contribution in [-0.4, -0.2) is 39.6 Å². The molecular formula is C23H19N5O2. The van der Waals surface area contributed by atoms with Gasteiger partial charge < -0.3 is 15.0 Å². The van der Waals surface area contributed by atoms with Crippen molar-refractivity contribution in [3.8, 4) is 28.9 Å². The first-order valence-corrected chi connectivity index (χ1v) is 9.76. The van der Waals surface area contributed by atoms with Crippen LogP contribution in [0.1, 0.15) is 10.5 Å². The van der Waals surface area contributed by atoms with Crippen LogP contribution in [0.4, 0.5) is 0 Å². The number of aromatic amines is 1. The molecule has 7 nitrogen and oxygen atoms in total. The highest BCUT2D eigenvalue weighted by Crippen LogP contribution is 2.34. The van der Waals surface area contributed by atoms with Crippen LogP contribution in [0.3, 0.4) is 0 Å². The van der Waals surface area contributed by atoms with Crippen molar-refractivity contribution in [3.63, 3.8) is 0 Å². The quantitative estimate of drug-likeness (QED) is 0.509. The average molecular weight is 397 g/mol. The van der Waals surface area contributed by atoms with Crippen LogP contribution >= 0.6 is 0 Å². The van der Waals surface area contributed by atoms with Crippen molar-refractivity contribution in [2.45, 2.75) is 12.1 Å². The normalized spacial score (nSPS) is 21.4. The molecule has 0 spiro atoms. The summed E-state index contributed by atoms with van der Waals surface area (Å²) in [5, 5.41) is 19.4. The van der Waals surface area contributed by atoms with Gasteiger partial charge in [-0.1, -0.05) is 42.5 Å². The van der Waals surface area contributed by atoms with E-state index < -0.39 is 0 Å². The molecule has 3 aromatic rings. The number of ether oxygens (including phenoxy) is 1. The first-order chi connectivity index (χ1) is 14.7.